The molecule has 1 aromatic carbocycles. The summed E-state index contributed by atoms with van der Waals surface area (Å²) in [4.78, 5) is 17.1. The van der Waals surface area contributed by atoms with Crippen LogP contribution in [0.1, 0.15) is 23.2 Å². The van der Waals surface area contributed by atoms with Gasteiger partial charge in [0.05, 0.1) is 0 Å². The molecule has 4 heteroatoms. The lowest BCUT2D eigenvalue weighted by molar-refractivity contribution is 0.0759. The molecule has 2 fully saturated rings. The maximum Gasteiger partial charge on any atom is 0.253 e. The number of hydrogen-bond acceptors (Lipinski definition) is 3. The van der Waals surface area contributed by atoms with Crippen molar-refractivity contribution in [1.29, 1.82) is 0 Å². The second kappa shape index (κ2) is 6.64. The van der Waals surface area contributed by atoms with E-state index in [0.29, 0.717) is 0 Å². The first-order valence-corrected chi connectivity index (χ1v) is 8.66. The Balaban J connectivity index is 1.61. The first-order valence-electron chi connectivity index (χ1n) is 7.51. The van der Waals surface area contributed by atoms with Gasteiger partial charge in [0.15, 0.2) is 0 Å². The van der Waals surface area contributed by atoms with Crippen LogP contribution in [0.3, 0.4) is 0 Å². The molecule has 0 saturated carbocycles. The van der Waals surface area contributed by atoms with Crippen LogP contribution in [0.15, 0.2) is 30.3 Å². The number of rotatable bonds is 2. The molecule has 1 aromatic rings. The number of nitrogens with zero attached hydrogens (tertiary/aromatic N) is 2. The number of thioether (sulfide) groups is 1. The quantitative estimate of drug-likeness (QED) is 0.835. The van der Waals surface area contributed by atoms with Crippen molar-refractivity contribution >= 4 is 17.7 Å². The average molecular weight is 290 g/mol. The van der Waals surface area contributed by atoms with Crippen molar-refractivity contribution in [2.24, 2.45) is 0 Å². The molecule has 0 spiro atoms. The lowest BCUT2D eigenvalue weighted by atomic mass is 10.2. The fraction of sp³-hybridized carbons (Fsp3) is 0.562. The van der Waals surface area contributed by atoms with E-state index in [-0.39, 0.29) is 5.91 Å². The van der Waals surface area contributed by atoms with E-state index < -0.39 is 0 Å². The maximum atomic E-state index is 12.5. The second-order valence-electron chi connectivity index (χ2n) is 5.57. The molecule has 1 unspecified atom stereocenters. The molecule has 1 atom stereocenters. The van der Waals surface area contributed by atoms with Crippen LogP contribution in [-0.2, 0) is 0 Å². The van der Waals surface area contributed by atoms with E-state index in [0.717, 1.165) is 44.2 Å². The van der Waals surface area contributed by atoms with Crippen molar-refractivity contribution in [2.45, 2.75) is 18.9 Å². The van der Waals surface area contributed by atoms with E-state index in [1.165, 1.54) is 17.9 Å². The summed E-state index contributed by atoms with van der Waals surface area (Å²) in [5.41, 5.74) is 0.817. The van der Waals surface area contributed by atoms with Crippen LogP contribution < -0.4 is 0 Å². The summed E-state index contributed by atoms with van der Waals surface area (Å²) in [6, 6.07) is 10.4. The highest BCUT2D eigenvalue weighted by Crippen LogP contribution is 2.23. The van der Waals surface area contributed by atoms with Crippen molar-refractivity contribution in [1.82, 2.24) is 9.80 Å². The van der Waals surface area contributed by atoms with Gasteiger partial charge in [-0.15, -0.1) is 0 Å². The molecule has 1 amide bonds. The van der Waals surface area contributed by atoms with Crippen LogP contribution in [0.25, 0.3) is 0 Å². The normalized spacial score (nSPS) is 24.6. The zero-order valence-electron chi connectivity index (χ0n) is 11.8. The van der Waals surface area contributed by atoms with Gasteiger partial charge in [0, 0.05) is 43.5 Å². The Labute approximate surface area is 125 Å². The van der Waals surface area contributed by atoms with Gasteiger partial charge in [0.25, 0.3) is 5.91 Å². The minimum atomic E-state index is 0.188. The Hall–Kier alpha value is -1.00. The number of amides is 1. The lowest BCUT2D eigenvalue weighted by Crippen LogP contribution is -2.39. The van der Waals surface area contributed by atoms with Crippen molar-refractivity contribution in [3.63, 3.8) is 0 Å². The van der Waals surface area contributed by atoms with Crippen molar-refractivity contribution in [3.8, 4) is 0 Å². The molecule has 108 valence electrons. The molecule has 3 nitrogen and oxygen atoms in total. The second-order valence-corrected chi connectivity index (χ2v) is 6.71. The Morgan fingerprint density at radius 2 is 1.95 bits per heavy atom. The summed E-state index contributed by atoms with van der Waals surface area (Å²) in [7, 11) is 0. The summed E-state index contributed by atoms with van der Waals surface area (Å²) < 4.78 is 0. The van der Waals surface area contributed by atoms with E-state index in [2.05, 4.69) is 16.7 Å². The molecule has 2 aliphatic rings. The summed E-state index contributed by atoms with van der Waals surface area (Å²) in [5, 5.41) is 0. The highest BCUT2D eigenvalue weighted by atomic mass is 32.2. The predicted molar refractivity (Wildman–Crippen MR) is 84.3 cm³/mol. The maximum absolute atomic E-state index is 12.5. The summed E-state index contributed by atoms with van der Waals surface area (Å²) >= 11 is 2.06. The van der Waals surface area contributed by atoms with E-state index in [1.54, 1.807) is 0 Å². The van der Waals surface area contributed by atoms with E-state index in [1.807, 2.05) is 35.2 Å². The highest BCUT2D eigenvalue weighted by Gasteiger charge is 2.26. The van der Waals surface area contributed by atoms with Crippen LogP contribution in [0.4, 0.5) is 0 Å². The van der Waals surface area contributed by atoms with Gasteiger partial charge in [-0.2, -0.15) is 11.8 Å². The van der Waals surface area contributed by atoms with E-state index in [9.17, 15) is 4.79 Å². The largest absolute Gasteiger partial charge is 0.337 e. The Morgan fingerprint density at radius 3 is 2.70 bits per heavy atom. The predicted octanol–water partition coefficient (Wildman–Crippen LogP) is 2.34. The van der Waals surface area contributed by atoms with E-state index >= 15 is 0 Å². The first-order chi connectivity index (χ1) is 9.84. The van der Waals surface area contributed by atoms with Crippen molar-refractivity contribution in [2.75, 3.05) is 37.7 Å². The third kappa shape index (κ3) is 3.18. The molecule has 0 radical (unpaired) electrons. The third-order valence-electron chi connectivity index (χ3n) is 4.26. The van der Waals surface area contributed by atoms with Gasteiger partial charge in [0.1, 0.15) is 0 Å². The molecular weight excluding hydrogens is 268 g/mol. The number of carbonyl (C=O) groups is 1. The number of benzene rings is 1. The van der Waals surface area contributed by atoms with Crippen LogP contribution in [0, 0.1) is 0 Å². The Morgan fingerprint density at radius 1 is 1.10 bits per heavy atom. The zero-order valence-corrected chi connectivity index (χ0v) is 12.6. The third-order valence-corrected chi connectivity index (χ3v) is 5.41. The highest BCUT2D eigenvalue weighted by molar-refractivity contribution is 7.99. The molecule has 2 aliphatic heterocycles. The summed E-state index contributed by atoms with van der Waals surface area (Å²) in [6.45, 7) is 3.94. The van der Waals surface area contributed by atoms with Gasteiger partial charge in [0.2, 0.25) is 0 Å². The molecule has 3 rings (SSSR count). The van der Waals surface area contributed by atoms with Crippen LogP contribution in [0.2, 0.25) is 0 Å². The molecule has 0 aromatic heterocycles. The molecular formula is C16H22N2OS. The standard InChI is InChI=1S/C16H22N2OS/c19-16(14-5-2-1-3-6-14)18-9-4-8-17(10-11-18)15-7-12-20-13-15/h1-3,5-6,15H,4,7-13H2. The average Bonchev–Trinajstić information content (AvgIpc) is 2.92. The van der Waals surface area contributed by atoms with E-state index in [4.69, 9.17) is 0 Å². The van der Waals surface area contributed by atoms with Gasteiger partial charge >= 0.3 is 0 Å². The minimum Gasteiger partial charge on any atom is -0.337 e. The van der Waals surface area contributed by atoms with Crippen LogP contribution >= 0.6 is 11.8 Å². The van der Waals surface area contributed by atoms with Gasteiger partial charge in [-0.25, -0.2) is 0 Å². The van der Waals surface area contributed by atoms with Gasteiger partial charge in [-0.3, -0.25) is 9.69 Å². The Bertz CT molecular complexity index is 445. The minimum absolute atomic E-state index is 0.188. The van der Waals surface area contributed by atoms with Crippen molar-refractivity contribution in [3.05, 3.63) is 35.9 Å². The Kier molecular flexibility index (Phi) is 4.63. The summed E-state index contributed by atoms with van der Waals surface area (Å²) in [6.07, 6.45) is 2.41. The van der Waals surface area contributed by atoms with Gasteiger partial charge in [-0.1, -0.05) is 18.2 Å². The molecule has 2 heterocycles. The summed E-state index contributed by atoms with van der Waals surface area (Å²) in [5.74, 6) is 2.76. The first kappa shape index (κ1) is 14.0. The van der Waals surface area contributed by atoms with Gasteiger partial charge in [-0.05, 0) is 30.7 Å². The molecule has 20 heavy (non-hydrogen) atoms. The lowest BCUT2D eigenvalue weighted by Gasteiger charge is -2.26. The van der Waals surface area contributed by atoms with Gasteiger partial charge < -0.3 is 4.90 Å². The monoisotopic (exact) mass is 290 g/mol. The molecule has 0 N–H and O–H groups in total. The number of carbonyl (C=O) groups excluding carboxylic acids is 1. The van der Waals surface area contributed by atoms with Crippen LogP contribution in [0.5, 0.6) is 0 Å². The molecule has 2 saturated heterocycles. The smallest absolute Gasteiger partial charge is 0.253 e. The van der Waals surface area contributed by atoms with Crippen LogP contribution in [-0.4, -0.2) is 59.4 Å². The molecule has 0 bridgehead atoms. The SMILES string of the molecule is O=C(c1ccccc1)N1CCCN(C2CCSC2)CC1. The number of hydrogen-bond donors (Lipinski definition) is 0. The van der Waals surface area contributed by atoms with Crippen molar-refractivity contribution < 1.29 is 4.79 Å². The molecule has 0 aliphatic carbocycles. The fourth-order valence-electron chi connectivity index (χ4n) is 3.08. The fourth-order valence-corrected chi connectivity index (χ4v) is 4.33. The topological polar surface area (TPSA) is 23.6 Å². The zero-order chi connectivity index (χ0) is 13.8.